The Labute approximate surface area is 134 Å². The molecule has 0 saturated heterocycles. The fourth-order valence-electron chi connectivity index (χ4n) is 2.32. The van der Waals surface area contributed by atoms with E-state index in [1.807, 2.05) is 56.3 Å². The highest BCUT2D eigenvalue weighted by Crippen LogP contribution is 2.24. The van der Waals surface area contributed by atoms with Crippen molar-refractivity contribution in [2.75, 3.05) is 7.11 Å². The molecular weight excluding hydrogens is 292 g/mol. The molecule has 3 rings (SSSR count). The summed E-state index contributed by atoms with van der Waals surface area (Å²) in [6.45, 7) is 4.27. The van der Waals surface area contributed by atoms with E-state index in [-0.39, 0.29) is 6.61 Å². The molecule has 0 atom stereocenters. The van der Waals surface area contributed by atoms with Crippen molar-refractivity contribution in [3.05, 3.63) is 59.5 Å². The van der Waals surface area contributed by atoms with Gasteiger partial charge in [0.2, 0.25) is 5.89 Å². The van der Waals surface area contributed by atoms with E-state index in [9.17, 15) is 0 Å². The lowest BCUT2D eigenvalue weighted by molar-refractivity contribution is 0.261. The average Bonchev–Trinajstić information content (AvgIpc) is 3.03. The number of rotatable bonds is 5. The summed E-state index contributed by atoms with van der Waals surface area (Å²) in [4.78, 5) is 0. The lowest BCUT2D eigenvalue weighted by atomic mass is 10.1. The van der Waals surface area contributed by atoms with Gasteiger partial charge in [-0.3, -0.25) is 0 Å². The number of nitrogens with zero attached hydrogens (tertiary/aromatic N) is 2. The van der Waals surface area contributed by atoms with Gasteiger partial charge in [0, 0.05) is 5.56 Å². The minimum absolute atomic E-state index is 0.245. The maximum Gasteiger partial charge on any atom is 0.254 e. The molecule has 0 spiro atoms. The van der Waals surface area contributed by atoms with Gasteiger partial charge in [0.15, 0.2) is 6.61 Å². The van der Waals surface area contributed by atoms with Crippen molar-refractivity contribution in [2.24, 2.45) is 0 Å². The van der Waals surface area contributed by atoms with Crippen LogP contribution in [0.25, 0.3) is 11.5 Å². The van der Waals surface area contributed by atoms with Gasteiger partial charge in [0.1, 0.15) is 11.5 Å². The van der Waals surface area contributed by atoms with Crippen LogP contribution in [0.3, 0.4) is 0 Å². The zero-order valence-corrected chi connectivity index (χ0v) is 13.4. The molecule has 0 saturated carbocycles. The molecule has 5 heteroatoms. The second kappa shape index (κ2) is 6.52. The zero-order chi connectivity index (χ0) is 16.2. The fraction of sp³-hybridized carbons (Fsp3) is 0.222. The monoisotopic (exact) mass is 310 g/mol. The Morgan fingerprint density at radius 3 is 2.30 bits per heavy atom. The molecule has 0 N–H and O–H groups in total. The highest BCUT2D eigenvalue weighted by Gasteiger charge is 2.11. The number of aromatic nitrogens is 2. The van der Waals surface area contributed by atoms with Gasteiger partial charge in [-0.25, -0.2) is 0 Å². The first-order valence-corrected chi connectivity index (χ1v) is 7.33. The van der Waals surface area contributed by atoms with Crippen molar-refractivity contribution in [3.63, 3.8) is 0 Å². The summed E-state index contributed by atoms with van der Waals surface area (Å²) in [5.74, 6) is 2.55. The Hall–Kier alpha value is -2.82. The van der Waals surface area contributed by atoms with E-state index in [1.165, 1.54) is 0 Å². The van der Waals surface area contributed by atoms with Crippen molar-refractivity contribution < 1.29 is 13.9 Å². The molecule has 0 aliphatic rings. The average molecular weight is 310 g/mol. The number of ether oxygens (including phenoxy) is 2. The molecular formula is C18H18N2O3. The van der Waals surface area contributed by atoms with Gasteiger partial charge in [0.25, 0.3) is 5.89 Å². The second-order valence-electron chi connectivity index (χ2n) is 5.24. The van der Waals surface area contributed by atoms with Gasteiger partial charge in [-0.15, -0.1) is 10.2 Å². The van der Waals surface area contributed by atoms with Crippen LogP contribution in [0.1, 0.15) is 17.0 Å². The second-order valence-corrected chi connectivity index (χ2v) is 5.24. The topological polar surface area (TPSA) is 57.4 Å². The molecule has 23 heavy (non-hydrogen) atoms. The van der Waals surface area contributed by atoms with Crippen LogP contribution in [0, 0.1) is 13.8 Å². The predicted octanol–water partition coefficient (Wildman–Crippen LogP) is 3.94. The van der Waals surface area contributed by atoms with E-state index >= 15 is 0 Å². The summed E-state index contributed by atoms with van der Waals surface area (Å²) < 4.78 is 16.6. The lowest BCUT2D eigenvalue weighted by Crippen LogP contribution is -1.99. The van der Waals surface area contributed by atoms with E-state index in [0.717, 1.165) is 28.2 Å². The van der Waals surface area contributed by atoms with Crippen LogP contribution in [0.4, 0.5) is 0 Å². The molecule has 0 amide bonds. The number of para-hydroxylation sites is 1. The number of hydrogen-bond acceptors (Lipinski definition) is 5. The third kappa shape index (κ3) is 3.34. The third-order valence-corrected chi connectivity index (χ3v) is 3.55. The smallest absolute Gasteiger partial charge is 0.254 e. The van der Waals surface area contributed by atoms with Crippen LogP contribution in [0.2, 0.25) is 0 Å². The Morgan fingerprint density at radius 1 is 0.957 bits per heavy atom. The molecule has 0 fully saturated rings. The summed E-state index contributed by atoms with van der Waals surface area (Å²) >= 11 is 0. The van der Waals surface area contributed by atoms with E-state index < -0.39 is 0 Å². The number of hydrogen-bond donors (Lipinski definition) is 0. The van der Waals surface area contributed by atoms with E-state index in [2.05, 4.69) is 10.2 Å². The fourth-order valence-corrected chi connectivity index (χ4v) is 2.32. The van der Waals surface area contributed by atoms with Crippen molar-refractivity contribution in [1.29, 1.82) is 0 Å². The molecule has 0 unspecified atom stereocenters. The maximum atomic E-state index is 5.82. The summed E-state index contributed by atoms with van der Waals surface area (Å²) in [7, 11) is 1.63. The summed E-state index contributed by atoms with van der Waals surface area (Å²) in [5, 5.41) is 8.10. The maximum absolute atomic E-state index is 5.82. The molecule has 0 bridgehead atoms. The summed E-state index contributed by atoms with van der Waals surface area (Å²) in [5.41, 5.74) is 3.01. The van der Waals surface area contributed by atoms with Crippen LogP contribution in [0.5, 0.6) is 11.5 Å². The van der Waals surface area contributed by atoms with E-state index in [0.29, 0.717) is 11.8 Å². The first-order valence-electron chi connectivity index (χ1n) is 7.33. The van der Waals surface area contributed by atoms with Crippen LogP contribution in [-0.4, -0.2) is 17.3 Å². The first-order chi connectivity index (χ1) is 11.2. The normalized spacial score (nSPS) is 10.6. The number of aryl methyl sites for hydroxylation is 2. The van der Waals surface area contributed by atoms with Crippen LogP contribution in [0.15, 0.2) is 46.9 Å². The van der Waals surface area contributed by atoms with Gasteiger partial charge >= 0.3 is 0 Å². The van der Waals surface area contributed by atoms with Crippen LogP contribution >= 0.6 is 0 Å². The van der Waals surface area contributed by atoms with E-state index in [4.69, 9.17) is 13.9 Å². The minimum atomic E-state index is 0.245. The SMILES string of the molecule is COc1ccc(-c2nnc(COc3c(C)cccc3C)o2)cc1. The van der Waals surface area contributed by atoms with Gasteiger partial charge in [-0.05, 0) is 49.2 Å². The molecule has 0 aliphatic heterocycles. The van der Waals surface area contributed by atoms with Gasteiger partial charge < -0.3 is 13.9 Å². The largest absolute Gasteiger partial charge is 0.497 e. The van der Waals surface area contributed by atoms with Crippen LogP contribution < -0.4 is 9.47 Å². The first kappa shape index (κ1) is 15.1. The lowest BCUT2D eigenvalue weighted by Gasteiger charge is -2.09. The van der Waals surface area contributed by atoms with Gasteiger partial charge in [-0.1, -0.05) is 18.2 Å². The van der Waals surface area contributed by atoms with Crippen molar-refractivity contribution in [1.82, 2.24) is 10.2 Å². The Kier molecular flexibility index (Phi) is 4.28. The summed E-state index contributed by atoms with van der Waals surface area (Å²) in [6, 6.07) is 13.5. The molecule has 1 heterocycles. The Balaban J connectivity index is 1.72. The van der Waals surface area contributed by atoms with Crippen molar-refractivity contribution >= 4 is 0 Å². The molecule has 118 valence electrons. The summed E-state index contributed by atoms with van der Waals surface area (Å²) in [6.07, 6.45) is 0. The predicted molar refractivity (Wildman–Crippen MR) is 86.5 cm³/mol. The molecule has 5 nitrogen and oxygen atoms in total. The van der Waals surface area contributed by atoms with Crippen molar-refractivity contribution in [2.45, 2.75) is 20.5 Å². The third-order valence-electron chi connectivity index (χ3n) is 3.55. The van der Waals surface area contributed by atoms with Gasteiger partial charge in [-0.2, -0.15) is 0 Å². The van der Waals surface area contributed by atoms with Crippen LogP contribution in [-0.2, 0) is 6.61 Å². The zero-order valence-electron chi connectivity index (χ0n) is 13.4. The highest BCUT2D eigenvalue weighted by molar-refractivity contribution is 5.53. The van der Waals surface area contributed by atoms with Crippen molar-refractivity contribution in [3.8, 4) is 23.0 Å². The number of benzene rings is 2. The number of methoxy groups -OCH3 is 1. The molecule has 2 aromatic carbocycles. The molecule has 0 aliphatic carbocycles. The molecule has 1 aromatic heterocycles. The minimum Gasteiger partial charge on any atom is -0.497 e. The molecule has 3 aromatic rings. The van der Waals surface area contributed by atoms with E-state index in [1.54, 1.807) is 7.11 Å². The Bertz CT molecular complexity index is 774. The Morgan fingerprint density at radius 2 is 1.65 bits per heavy atom. The molecule has 0 radical (unpaired) electrons. The quantitative estimate of drug-likeness (QED) is 0.714. The highest BCUT2D eigenvalue weighted by atomic mass is 16.5. The van der Waals surface area contributed by atoms with Gasteiger partial charge in [0.05, 0.1) is 7.11 Å². The standard InChI is InChI=1S/C18H18N2O3/c1-12-5-4-6-13(2)17(12)22-11-16-19-20-18(23-16)14-7-9-15(21-3)10-8-14/h4-10H,11H2,1-3H3.